The molecule has 2 amide bonds. The Morgan fingerprint density at radius 1 is 1.45 bits per heavy atom. The van der Waals surface area contributed by atoms with E-state index in [1.54, 1.807) is 4.90 Å². The highest BCUT2D eigenvalue weighted by Crippen LogP contribution is 2.20. The molecule has 20 heavy (non-hydrogen) atoms. The average Bonchev–Trinajstić information content (AvgIpc) is 2.80. The van der Waals surface area contributed by atoms with Gasteiger partial charge in [0.15, 0.2) is 0 Å². The van der Waals surface area contributed by atoms with Gasteiger partial charge in [-0.3, -0.25) is 9.59 Å². The predicted octanol–water partition coefficient (Wildman–Crippen LogP) is 1.10. The van der Waals surface area contributed by atoms with Crippen molar-refractivity contribution >= 4 is 11.8 Å². The van der Waals surface area contributed by atoms with Crippen LogP contribution in [0.4, 0.5) is 0 Å². The largest absolute Gasteiger partial charge is 0.491 e. The summed E-state index contributed by atoms with van der Waals surface area (Å²) in [6.07, 6.45) is 0.213. The predicted molar refractivity (Wildman–Crippen MR) is 75.2 cm³/mol. The van der Waals surface area contributed by atoms with Crippen LogP contribution < -0.4 is 10.5 Å². The van der Waals surface area contributed by atoms with E-state index in [-0.39, 0.29) is 24.3 Å². The normalized spacial score (nSPS) is 20.0. The van der Waals surface area contributed by atoms with E-state index in [2.05, 4.69) is 0 Å². The SMILES string of the molecule is Cc1ccc(OCC(C)N2CC(C(N)=O)CC2=O)cc1. The van der Waals surface area contributed by atoms with Gasteiger partial charge in [-0.15, -0.1) is 0 Å². The van der Waals surface area contributed by atoms with Gasteiger partial charge in [0.25, 0.3) is 0 Å². The Morgan fingerprint density at radius 3 is 2.65 bits per heavy atom. The smallest absolute Gasteiger partial charge is 0.223 e. The van der Waals surface area contributed by atoms with Crippen LogP contribution in [0.15, 0.2) is 24.3 Å². The molecule has 1 aromatic carbocycles. The van der Waals surface area contributed by atoms with Crippen LogP contribution in [-0.2, 0) is 9.59 Å². The maximum Gasteiger partial charge on any atom is 0.223 e. The summed E-state index contributed by atoms with van der Waals surface area (Å²) >= 11 is 0. The van der Waals surface area contributed by atoms with Crippen LogP contribution in [0, 0.1) is 12.8 Å². The molecule has 0 spiro atoms. The van der Waals surface area contributed by atoms with Crippen LogP contribution in [0.3, 0.4) is 0 Å². The van der Waals surface area contributed by atoms with Crippen molar-refractivity contribution in [2.24, 2.45) is 11.7 Å². The second kappa shape index (κ2) is 5.94. The Balaban J connectivity index is 1.89. The minimum absolute atomic E-state index is 0.0335. The van der Waals surface area contributed by atoms with E-state index >= 15 is 0 Å². The minimum Gasteiger partial charge on any atom is -0.491 e. The molecule has 5 heteroatoms. The Bertz CT molecular complexity index is 498. The lowest BCUT2D eigenvalue weighted by Gasteiger charge is -2.24. The van der Waals surface area contributed by atoms with Crippen LogP contribution in [0.1, 0.15) is 18.9 Å². The molecule has 1 fully saturated rings. The first-order valence-electron chi connectivity index (χ1n) is 6.75. The molecule has 2 unspecified atom stereocenters. The molecule has 0 bridgehead atoms. The van der Waals surface area contributed by atoms with Crippen molar-refractivity contribution in [3.05, 3.63) is 29.8 Å². The third kappa shape index (κ3) is 3.29. The molecule has 2 N–H and O–H groups in total. The van der Waals surface area contributed by atoms with E-state index < -0.39 is 5.91 Å². The van der Waals surface area contributed by atoms with E-state index in [0.717, 1.165) is 5.75 Å². The first-order chi connectivity index (χ1) is 9.47. The summed E-state index contributed by atoms with van der Waals surface area (Å²) in [5, 5.41) is 0. The molecule has 1 aliphatic rings. The van der Waals surface area contributed by atoms with Gasteiger partial charge in [0.05, 0.1) is 12.0 Å². The van der Waals surface area contributed by atoms with E-state index in [9.17, 15) is 9.59 Å². The van der Waals surface area contributed by atoms with Gasteiger partial charge in [-0.05, 0) is 26.0 Å². The number of primary amides is 1. The van der Waals surface area contributed by atoms with Crippen LogP contribution in [0.25, 0.3) is 0 Å². The summed E-state index contributed by atoms with van der Waals surface area (Å²) in [7, 11) is 0. The molecule has 1 aromatic rings. The van der Waals surface area contributed by atoms with Gasteiger partial charge < -0.3 is 15.4 Å². The van der Waals surface area contributed by atoms with E-state index in [1.165, 1.54) is 5.56 Å². The number of carbonyl (C=O) groups is 2. The number of benzene rings is 1. The Kier molecular flexibility index (Phi) is 4.27. The number of amides is 2. The zero-order valence-corrected chi connectivity index (χ0v) is 11.8. The Labute approximate surface area is 118 Å². The maximum absolute atomic E-state index is 11.8. The standard InChI is InChI=1S/C15H20N2O3/c1-10-3-5-13(6-4-10)20-9-11(2)17-8-12(15(16)19)7-14(17)18/h3-6,11-12H,7-9H2,1-2H3,(H2,16,19). The van der Waals surface area contributed by atoms with Crippen molar-refractivity contribution < 1.29 is 14.3 Å². The fourth-order valence-corrected chi connectivity index (χ4v) is 2.29. The van der Waals surface area contributed by atoms with Crippen molar-refractivity contribution in [1.29, 1.82) is 0 Å². The number of hydrogen-bond acceptors (Lipinski definition) is 3. The third-order valence-electron chi connectivity index (χ3n) is 3.61. The lowest BCUT2D eigenvalue weighted by atomic mass is 10.1. The summed E-state index contributed by atoms with van der Waals surface area (Å²) in [6, 6.07) is 7.68. The monoisotopic (exact) mass is 276 g/mol. The van der Waals surface area contributed by atoms with Gasteiger partial charge in [0.2, 0.25) is 11.8 Å². The van der Waals surface area contributed by atoms with Gasteiger partial charge >= 0.3 is 0 Å². The fraction of sp³-hybridized carbons (Fsp3) is 0.467. The molecule has 0 saturated carbocycles. The molecule has 1 heterocycles. The van der Waals surface area contributed by atoms with Crippen molar-refractivity contribution in [3.8, 4) is 5.75 Å². The summed E-state index contributed by atoms with van der Waals surface area (Å²) in [5.74, 6) is -0.0359. The lowest BCUT2D eigenvalue weighted by Crippen LogP contribution is -2.39. The number of ether oxygens (including phenoxy) is 1. The fourth-order valence-electron chi connectivity index (χ4n) is 2.29. The van der Waals surface area contributed by atoms with Crippen LogP contribution in [0.2, 0.25) is 0 Å². The number of nitrogens with two attached hydrogens (primary N) is 1. The zero-order valence-electron chi connectivity index (χ0n) is 11.8. The molecular formula is C15H20N2O3. The minimum atomic E-state index is -0.410. The molecule has 2 rings (SSSR count). The van der Waals surface area contributed by atoms with Crippen molar-refractivity contribution in [3.63, 3.8) is 0 Å². The summed E-state index contributed by atoms with van der Waals surface area (Å²) in [4.78, 5) is 24.7. The molecule has 5 nitrogen and oxygen atoms in total. The number of nitrogens with zero attached hydrogens (tertiary/aromatic N) is 1. The van der Waals surface area contributed by atoms with Crippen LogP contribution in [0.5, 0.6) is 5.75 Å². The Morgan fingerprint density at radius 2 is 2.10 bits per heavy atom. The van der Waals surface area contributed by atoms with Crippen molar-refractivity contribution in [2.45, 2.75) is 26.3 Å². The number of carbonyl (C=O) groups excluding carboxylic acids is 2. The first-order valence-corrected chi connectivity index (χ1v) is 6.75. The van der Waals surface area contributed by atoms with Gasteiger partial charge in [-0.1, -0.05) is 17.7 Å². The highest BCUT2D eigenvalue weighted by Gasteiger charge is 2.35. The molecule has 1 aliphatic heterocycles. The van der Waals surface area contributed by atoms with Gasteiger partial charge in [0.1, 0.15) is 12.4 Å². The molecule has 2 atom stereocenters. The van der Waals surface area contributed by atoms with Crippen molar-refractivity contribution in [1.82, 2.24) is 4.90 Å². The van der Waals surface area contributed by atoms with Gasteiger partial charge in [-0.25, -0.2) is 0 Å². The number of likely N-dealkylation sites (tertiary alicyclic amines) is 1. The molecular weight excluding hydrogens is 256 g/mol. The summed E-state index contributed by atoms with van der Waals surface area (Å²) in [5.41, 5.74) is 6.42. The second-order valence-electron chi connectivity index (χ2n) is 5.32. The number of aryl methyl sites for hydroxylation is 1. The number of hydrogen-bond donors (Lipinski definition) is 1. The molecule has 0 aromatic heterocycles. The average molecular weight is 276 g/mol. The highest BCUT2D eigenvalue weighted by molar-refractivity contribution is 5.88. The topological polar surface area (TPSA) is 72.6 Å². The third-order valence-corrected chi connectivity index (χ3v) is 3.61. The summed E-state index contributed by atoms with van der Waals surface area (Å²) in [6.45, 7) is 4.72. The van der Waals surface area contributed by atoms with E-state index in [0.29, 0.717) is 13.2 Å². The van der Waals surface area contributed by atoms with Crippen LogP contribution in [-0.4, -0.2) is 35.9 Å². The number of rotatable bonds is 5. The van der Waals surface area contributed by atoms with E-state index in [4.69, 9.17) is 10.5 Å². The van der Waals surface area contributed by atoms with Gasteiger partial charge in [-0.2, -0.15) is 0 Å². The molecule has 0 aliphatic carbocycles. The lowest BCUT2D eigenvalue weighted by molar-refractivity contribution is -0.130. The summed E-state index contributed by atoms with van der Waals surface area (Å²) < 4.78 is 5.67. The first kappa shape index (κ1) is 14.4. The Hall–Kier alpha value is -2.04. The zero-order chi connectivity index (χ0) is 14.7. The van der Waals surface area contributed by atoms with Crippen LogP contribution >= 0.6 is 0 Å². The molecule has 108 valence electrons. The quantitative estimate of drug-likeness (QED) is 0.875. The molecule has 1 saturated heterocycles. The van der Waals surface area contributed by atoms with E-state index in [1.807, 2.05) is 38.1 Å². The highest BCUT2D eigenvalue weighted by atomic mass is 16.5. The van der Waals surface area contributed by atoms with Gasteiger partial charge in [0, 0.05) is 13.0 Å². The van der Waals surface area contributed by atoms with Crippen molar-refractivity contribution in [2.75, 3.05) is 13.2 Å². The maximum atomic E-state index is 11.8. The second-order valence-corrected chi connectivity index (χ2v) is 5.32. The molecule has 0 radical (unpaired) electrons.